The molecule has 1 amide bonds. The van der Waals surface area contributed by atoms with Crippen LogP contribution in [0.5, 0.6) is 0 Å². The van der Waals surface area contributed by atoms with Gasteiger partial charge in [-0.25, -0.2) is 4.98 Å². The number of benzene rings is 1. The van der Waals surface area contributed by atoms with Gasteiger partial charge in [-0.2, -0.15) is 0 Å². The number of carbonyl (C=O) groups is 1. The van der Waals surface area contributed by atoms with E-state index in [1.807, 2.05) is 35.0 Å². The molecule has 0 aliphatic rings. The van der Waals surface area contributed by atoms with Gasteiger partial charge >= 0.3 is 0 Å². The molecule has 1 atom stereocenters. The maximum Gasteiger partial charge on any atom is 0.226 e. The number of carbonyl (C=O) groups excluding carboxylic acids is 1. The summed E-state index contributed by atoms with van der Waals surface area (Å²) in [5.41, 5.74) is 1.97. The van der Waals surface area contributed by atoms with Gasteiger partial charge in [-0.05, 0) is 22.9 Å². The number of nitrogens with one attached hydrogen (secondary N) is 1. The van der Waals surface area contributed by atoms with Crippen molar-refractivity contribution >= 4 is 28.6 Å². The highest BCUT2D eigenvalue weighted by Crippen LogP contribution is 2.28. The molecule has 3 aromatic rings. The van der Waals surface area contributed by atoms with Crippen molar-refractivity contribution in [2.24, 2.45) is 5.92 Å². The van der Waals surface area contributed by atoms with Gasteiger partial charge in [-0.15, -0.1) is 22.7 Å². The van der Waals surface area contributed by atoms with E-state index in [-0.39, 0.29) is 11.9 Å². The summed E-state index contributed by atoms with van der Waals surface area (Å²) < 4.78 is 0. The second-order valence-electron chi connectivity index (χ2n) is 6.00. The van der Waals surface area contributed by atoms with Crippen molar-refractivity contribution in [3.05, 3.63) is 64.5 Å². The van der Waals surface area contributed by atoms with Gasteiger partial charge in [0.25, 0.3) is 0 Å². The van der Waals surface area contributed by atoms with Crippen LogP contribution in [-0.2, 0) is 11.2 Å². The number of hydrogen-bond donors (Lipinski definition) is 1. The van der Waals surface area contributed by atoms with E-state index in [0.717, 1.165) is 21.1 Å². The van der Waals surface area contributed by atoms with Crippen LogP contribution in [0, 0.1) is 5.92 Å². The number of hydrogen-bond acceptors (Lipinski definition) is 4. The normalized spacial score (nSPS) is 12.3. The van der Waals surface area contributed by atoms with E-state index in [4.69, 9.17) is 0 Å². The molecule has 0 saturated heterocycles. The maximum absolute atomic E-state index is 12.5. The lowest BCUT2D eigenvalue weighted by Crippen LogP contribution is -2.32. The van der Waals surface area contributed by atoms with Gasteiger partial charge in [0.1, 0.15) is 5.01 Å². The Bertz CT molecular complexity index is 779. The summed E-state index contributed by atoms with van der Waals surface area (Å²) in [5, 5.41) is 8.15. The zero-order valence-electron chi connectivity index (χ0n) is 13.7. The van der Waals surface area contributed by atoms with E-state index in [1.54, 1.807) is 22.7 Å². The third-order valence-electron chi connectivity index (χ3n) is 3.77. The largest absolute Gasteiger partial charge is 0.349 e. The molecule has 0 aliphatic carbocycles. The van der Waals surface area contributed by atoms with Crippen LogP contribution >= 0.6 is 22.7 Å². The molecule has 2 heterocycles. The first-order valence-electron chi connectivity index (χ1n) is 7.96. The Balaban J connectivity index is 1.66. The molecule has 2 aromatic heterocycles. The molecule has 24 heavy (non-hydrogen) atoms. The Morgan fingerprint density at radius 3 is 2.58 bits per heavy atom. The predicted molar refractivity (Wildman–Crippen MR) is 101 cm³/mol. The molecule has 3 rings (SSSR count). The van der Waals surface area contributed by atoms with Crippen LogP contribution in [-0.4, -0.2) is 10.9 Å². The minimum atomic E-state index is 0.0144. The van der Waals surface area contributed by atoms with E-state index in [9.17, 15) is 4.79 Å². The van der Waals surface area contributed by atoms with Crippen LogP contribution in [0.2, 0.25) is 0 Å². The Hall–Kier alpha value is -1.98. The molecule has 0 aliphatic heterocycles. The van der Waals surface area contributed by atoms with E-state index in [2.05, 4.69) is 42.3 Å². The number of rotatable bonds is 6. The Labute approximate surface area is 150 Å². The van der Waals surface area contributed by atoms with Gasteiger partial charge in [0.2, 0.25) is 5.91 Å². The average Bonchev–Trinajstić information content (AvgIpc) is 3.24. The number of nitrogens with zero attached hydrogens (tertiary/aromatic N) is 1. The first-order chi connectivity index (χ1) is 11.6. The van der Waals surface area contributed by atoms with Crippen molar-refractivity contribution in [3.8, 4) is 9.88 Å². The highest BCUT2D eigenvalue weighted by atomic mass is 32.1. The van der Waals surface area contributed by atoms with Crippen molar-refractivity contribution in [2.75, 3.05) is 0 Å². The smallest absolute Gasteiger partial charge is 0.226 e. The van der Waals surface area contributed by atoms with Crippen LogP contribution in [0.15, 0.2) is 53.2 Å². The van der Waals surface area contributed by atoms with Crippen molar-refractivity contribution < 1.29 is 4.79 Å². The van der Waals surface area contributed by atoms with Gasteiger partial charge in [0.15, 0.2) is 0 Å². The molecule has 0 radical (unpaired) electrons. The van der Waals surface area contributed by atoms with Gasteiger partial charge < -0.3 is 5.32 Å². The Kier molecular flexibility index (Phi) is 5.43. The highest BCUT2D eigenvalue weighted by Gasteiger charge is 2.19. The molecule has 0 fully saturated rings. The number of thiophene rings is 1. The summed E-state index contributed by atoms with van der Waals surface area (Å²) in [6, 6.07) is 14.2. The quantitative estimate of drug-likeness (QED) is 0.680. The topological polar surface area (TPSA) is 42.0 Å². The lowest BCUT2D eigenvalue weighted by molar-refractivity contribution is -0.121. The average molecular weight is 357 g/mol. The molecule has 1 aromatic carbocycles. The van der Waals surface area contributed by atoms with Gasteiger partial charge in [-0.1, -0.05) is 50.2 Å². The summed E-state index contributed by atoms with van der Waals surface area (Å²) in [6.07, 6.45) is 0.317. The van der Waals surface area contributed by atoms with Crippen LogP contribution < -0.4 is 5.32 Å². The Morgan fingerprint density at radius 2 is 1.92 bits per heavy atom. The fourth-order valence-corrected chi connectivity index (χ4v) is 4.22. The van der Waals surface area contributed by atoms with Crippen LogP contribution in [0.25, 0.3) is 9.88 Å². The number of thiazole rings is 1. The predicted octanol–water partition coefficient (Wildman–Crippen LogP) is 4.93. The zero-order valence-corrected chi connectivity index (χ0v) is 15.4. The molecule has 0 spiro atoms. The molecule has 0 bridgehead atoms. The standard InChI is InChI=1S/C19H20N2OS2/c1-13(2)18(14-7-4-3-5-8-14)21-17(22)11-15-12-24-19(20-15)16-9-6-10-23-16/h3-10,12-13,18H,11H2,1-2H3,(H,21,22)/t18-/m0/s1. The molecule has 1 N–H and O–H groups in total. The lowest BCUT2D eigenvalue weighted by atomic mass is 9.96. The minimum absolute atomic E-state index is 0.0144. The fraction of sp³-hybridized carbons (Fsp3) is 0.263. The van der Waals surface area contributed by atoms with E-state index in [0.29, 0.717) is 12.3 Å². The van der Waals surface area contributed by atoms with Gasteiger partial charge in [0, 0.05) is 5.38 Å². The minimum Gasteiger partial charge on any atom is -0.349 e. The first-order valence-corrected chi connectivity index (χ1v) is 9.72. The van der Waals surface area contributed by atoms with Gasteiger partial charge in [0.05, 0.1) is 23.0 Å². The maximum atomic E-state index is 12.5. The van der Waals surface area contributed by atoms with Crippen molar-refractivity contribution in [1.82, 2.24) is 10.3 Å². The van der Waals surface area contributed by atoms with Crippen LogP contribution in [0.1, 0.15) is 31.1 Å². The van der Waals surface area contributed by atoms with Crippen LogP contribution in [0.3, 0.4) is 0 Å². The van der Waals surface area contributed by atoms with E-state index < -0.39 is 0 Å². The summed E-state index contributed by atoms with van der Waals surface area (Å²) >= 11 is 3.26. The summed E-state index contributed by atoms with van der Waals surface area (Å²) in [5.74, 6) is 0.342. The van der Waals surface area contributed by atoms with Crippen molar-refractivity contribution in [2.45, 2.75) is 26.3 Å². The van der Waals surface area contributed by atoms with Gasteiger partial charge in [-0.3, -0.25) is 4.79 Å². The third-order valence-corrected chi connectivity index (χ3v) is 5.70. The second-order valence-corrected chi connectivity index (χ2v) is 7.80. The summed E-state index contributed by atoms with van der Waals surface area (Å²) in [7, 11) is 0. The molecule has 0 saturated carbocycles. The number of amides is 1. The Morgan fingerprint density at radius 1 is 1.12 bits per heavy atom. The molecule has 5 heteroatoms. The third kappa shape index (κ3) is 4.10. The van der Waals surface area contributed by atoms with E-state index >= 15 is 0 Å². The molecule has 124 valence electrons. The van der Waals surface area contributed by atoms with Crippen molar-refractivity contribution in [3.63, 3.8) is 0 Å². The summed E-state index contributed by atoms with van der Waals surface area (Å²) in [6.45, 7) is 4.24. The molecule has 0 unspecified atom stereocenters. The monoisotopic (exact) mass is 356 g/mol. The van der Waals surface area contributed by atoms with E-state index in [1.165, 1.54) is 0 Å². The lowest BCUT2D eigenvalue weighted by Gasteiger charge is -2.22. The fourth-order valence-electron chi connectivity index (χ4n) is 2.59. The first kappa shape index (κ1) is 16.9. The second kappa shape index (κ2) is 7.73. The highest BCUT2D eigenvalue weighted by molar-refractivity contribution is 7.20. The summed E-state index contributed by atoms with van der Waals surface area (Å²) in [4.78, 5) is 18.2. The molecular weight excluding hydrogens is 336 g/mol. The van der Waals surface area contributed by atoms with Crippen LogP contribution in [0.4, 0.5) is 0 Å². The SMILES string of the molecule is CC(C)[C@H](NC(=O)Cc1csc(-c2cccs2)n1)c1ccccc1. The zero-order chi connectivity index (χ0) is 16.9. The molecule has 3 nitrogen and oxygen atoms in total. The van der Waals surface area contributed by atoms with Crippen molar-refractivity contribution in [1.29, 1.82) is 0 Å². The molecular formula is C19H20N2OS2. The number of aromatic nitrogens is 1.